The van der Waals surface area contributed by atoms with Crippen molar-refractivity contribution < 1.29 is 4.42 Å². The highest BCUT2D eigenvalue weighted by atomic mass is 32.2. The minimum absolute atomic E-state index is 0.560. The quantitative estimate of drug-likeness (QED) is 0.514. The van der Waals surface area contributed by atoms with Gasteiger partial charge in [0.2, 0.25) is 11.8 Å². The lowest BCUT2D eigenvalue weighted by Crippen LogP contribution is -2.00. The molecule has 2 heterocycles. The largest absolute Gasteiger partial charge is 0.425 e. The Morgan fingerprint density at radius 1 is 1.18 bits per heavy atom. The maximum atomic E-state index is 5.38. The molecule has 0 aliphatic carbocycles. The summed E-state index contributed by atoms with van der Waals surface area (Å²) in [5, 5.41) is 17.2. The first-order valence-corrected chi connectivity index (χ1v) is 7.78. The fourth-order valence-electron chi connectivity index (χ4n) is 2.01. The topological polar surface area (TPSA) is 69.6 Å². The number of rotatable bonds is 6. The fraction of sp³-hybridized carbons (Fsp3) is 0.200. The van der Waals surface area contributed by atoms with E-state index in [1.807, 2.05) is 41.0 Å². The molecule has 112 valence electrons. The van der Waals surface area contributed by atoms with Crippen molar-refractivity contribution in [1.29, 1.82) is 0 Å². The molecule has 0 radical (unpaired) electrons. The van der Waals surface area contributed by atoms with Crippen LogP contribution in [-0.2, 0) is 12.3 Å². The van der Waals surface area contributed by atoms with Gasteiger partial charge in [0.25, 0.3) is 0 Å². The van der Waals surface area contributed by atoms with E-state index in [1.165, 1.54) is 11.8 Å². The lowest BCUT2D eigenvalue weighted by molar-refractivity contribution is 0.485. The third kappa shape index (κ3) is 3.09. The highest BCUT2D eigenvalue weighted by Gasteiger charge is 2.14. The van der Waals surface area contributed by atoms with E-state index in [-0.39, 0.29) is 0 Å². The van der Waals surface area contributed by atoms with Gasteiger partial charge in [-0.2, -0.15) is 0 Å². The maximum Gasteiger partial charge on any atom is 0.226 e. The van der Waals surface area contributed by atoms with Crippen molar-refractivity contribution in [2.75, 3.05) is 0 Å². The predicted octanol–water partition coefficient (Wildman–Crippen LogP) is 3.11. The van der Waals surface area contributed by atoms with E-state index in [4.69, 9.17) is 4.42 Å². The second kappa shape index (κ2) is 6.57. The minimum Gasteiger partial charge on any atom is -0.425 e. The van der Waals surface area contributed by atoms with Gasteiger partial charge in [-0.25, -0.2) is 0 Å². The number of thioether (sulfide) groups is 1. The molecule has 0 spiro atoms. The summed E-state index contributed by atoms with van der Waals surface area (Å²) in [6, 6.07) is 9.97. The van der Waals surface area contributed by atoms with Gasteiger partial charge in [0.15, 0.2) is 11.0 Å². The van der Waals surface area contributed by atoms with Gasteiger partial charge in [0, 0.05) is 19.0 Å². The summed E-state index contributed by atoms with van der Waals surface area (Å²) < 4.78 is 7.40. The first kappa shape index (κ1) is 14.5. The van der Waals surface area contributed by atoms with Gasteiger partial charge in [0.05, 0.1) is 5.75 Å². The summed E-state index contributed by atoms with van der Waals surface area (Å²) >= 11 is 1.51. The van der Waals surface area contributed by atoms with E-state index in [0.29, 0.717) is 24.1 Å². The van der Waals surface area contributed by atoms with Crippen LogP contribution in [0.3, 0.4) is 0 Å². The van der Waals surface area contributed by atoms with E-state index in [0.717, 1.165) is 16.5 Å². The van der Waals surface area contributed by atoms with Crippen molar-refractivity contribution >= 4 is 11.8 Å². The molecule has 3 aromatic rings. The molecule has 0 aliphatic heterocycles. The van der Waals surface area contributed by atoms with Crippen LogP contribution in [0.25, 0.3) is 11.4 Å². The van der Waals surface area contributed by atoms with Gasteiger partial charge < -0.3 is 4.42 Å². The summed E-state index contributed by atoms with van der Waals surface area (Å²) in [7, 11) is 0. The van der Waals surface area contributed by atoms with Crippen molar-refractivity contribution in [3.63, 3.8) is 0 Å². The number of benzene rings is 1. The third-order valence-electron chi connectivity index (χ3n) is 2.95. The number of nitrogens with zero attached hydrogens (tertiary/aromatic N) is 5. The first-order valence-electron chi connectivity index (χ1n) is 6.79. The lowest BCUT2D eigenvalue weighted by atomic mass is 10.2. The van der Waals surface area contributed by atoms with Crippen molar-refractivity contribution in [2.24, 2.45) is 0 Å². The Morgan fingerprint density at radius 3 is 2.68 bits per heavy atom. The molecule has 0 amide bonds. The monoisotopic (exact) mass is 313 g/mol. The van der Waals surface area contributed by atoms with Gasteiger partial charge in [-0.1, -0.05) is 48.2 Å². The van der Waals surface area contributed by atoms with E-state index in [1.54, 1.807) is 6.92 Å². The van der Waals surface area contributed by atoms with Crippen LogP contribution in [0.5, 0.6) is 0 Å². The van der Waals surface area contributed by atoms with Crippen LogP contribution in [0.15, 0.2) is 52.6 Å². The first-order chi connectivity index (χ1) is 10.8. The molecule has 0 aliphatic rings. The molecule has 22 heavy (non-hydrogen) atoms. The molecule has 2 aromatic heterocycles. The third-order valence-corrected chi connectivity index (χ3v) is 3.90. The second-order valence-electron chi connectivity index (χ2n) is 4.57. The fourth-order valence-corrected chi connectivity index (χ4v) is 2.80. The average Bonchev–Trinajstić information content (AvgIpc) is 3.13. The lowest BCUT2D eigenvalue weighted by Gasteiger charge is -2.06. The van der Waals surface area contributed by atoms with Gasteiger partial charge in [-0.3, -0.25) is 4.57 Å². The molecule has 0 fully saturated rings. The number of hydrogen-bond acceptors (Lipinski definition) is 6. The molecule has 7 heteroatoms. The highest BCUT2D eigenvalue weighted by molar-refractivity contribution is 7.98. The molecule has 0 saturated carbocycles. The van der Waals surface area contributed by atoms with Crippen molar-refractivity contribution in [3.05, 3.63) is 54.8 Å². The summed E-state index contributed by atoms with van der Waals surface area (Å²) in [4.78, 5) is 0. The summed E-state index contributed by atoms with van der Waals surface area (Å²) in [6.07, 6.45) is 1.83. The van der Waals surface area contributed by atoms with Crippen LogP contribution in [0.2, 0.25) is 0 Å². The Bertz CT molecular complexity index is 765. The van der Waals surface area contributed by atoms with Gasteiger partial charge >= 0.3 is 0 Å². The average molecular weight is 313 g/mol. The SMILES string of the molecule is C=CCn1c(SCc2nnc(C)o2)nnc1-c1ccccc1. The Morgan fingerprint density at radius 2 is 2.00 bits per heavy atom. The number of aryl methyl sites for hydroxylation is 1. The highest BCUT2D eigenvalue weighted by Crippen LogP contribution is 2.26. The van der Waals surface area contributed by atoms with Crippen LogP contribution >= 0.6 is 11.8 Å². The maximum absolute atomic E-state index is 5.38. The van der Waals surface area contributed by atoms with Crippen molar-refractivity contribution in [2.45, 2.75) is 24.4 Å². The Hall–Kier alpha value is -2.41. The normalized spacial score (nSPS) is 10.8. The minimum atomic E-state index is 0.560. The molecule has 0 atom stereocenters. The number of hydrogen-bond donors (Lipinski definition) is 0. The smallest absolute Gasteiger partial charge is 0.226 e. The van der Waals surface area contributed by atoms with Crippen LogP contribution in [0.4, 0.5) is 0 Å². The molecule has 6 nitrogen and oxygen atoms in total. The predicted molar refractivity (Wildman–Crippen MR) is 84.3 cm³/mol. The molecule has 1 aromatic carbocycles. The molecule has 0 unspecified atom stereocenters. The van der Waals surface area contributed by atoms with E-state index in [2.05, 4.69) is 27.0 Å². The zero-order valence-electron chi connectivity index (χ0n) is 12.1. The van der Waals surface area contributed by atoms with Crippen LogP contribution < -0.4 is 0 Å². The Labute approximate surface area is 132 Å². The molecule has 3 rings (SSSR count). The molecular formula is C15H15N5OS. The van der Waals surface area contributed by atoms with E-state index < -0.39 is 0 Å². The standard InChI is InChI=1S/C15H15N5OS/c1-3-9-20-14(12-7-5-4-6-8-12)18-19-15(20)22-10-13-17-16-11(2)21-13/h3-8H,1,9-10H2,2H3. The molecule has 0 N–H and O–H groups in total. The molecule has 0 bridgehead atoms. The summed E-state index contributed by atoms with van der Waals surface area (Å²) in [5.74, 6) is 2.53. The van der Waals surface area contributed by atoms with Gasteiger partial charge in [-0.05, 0) is 0 Å². The summed E-state index contributed by atoms with van der Waals surface area (Å²) in [6.45, 7) is 6.22. The van der Waals surface area contributed by atoms with Gasteiger partial charge in [0.1, 0.15) is 0 Å². The Balaban J connectivity index is 1.85. The van der Waals surface area contributed by atoms with E-state index >= 15 is 0 Å². The van der Waals surface area contributed by atoms with E-state index in [9.17, 15) is 0 Å². The molecule has 0 saturated heterocycles. The Kier molecular flexibility index (Phi) is 4.34. The zero-order valence-corrected chi connectivity index (χ0v) is 13.0. The van der Waals surface area contributed by atoms with Crippen molar-refractivity contribution in [1.82, 2.24) is 25.0 Å². The zero-order chi connectivity index (χ0) is 15.4. The van der Waals surface area contributed by atoms with Crippen molar-refractivity contribution in [3.8, 4) is 11.4 Å². The number of aromatic nitrogens is 5. The summed E-state index contributed by atoms with van der Waals surface area (Å²) in [5.41, 5.74) is 1.03. The van der Waals surface area contributed by atoms with Crippen LogP contribution in [-0.4, -0.2) is 25.0 Å². The van der Waals surface area contributed by atoms with Crippen LogP contribution in [0, 0.1) is 6.92 Å². The molecular weight excluding hydrogens is 298 g/mol. The number of allylic oxidation sites excluding steroid dienone is 1. The van der Waals surface area contributed by atoms with Crippen LogP contribution in [0.1, 0.15) is 11.8 Å². The van der Waals surface area contributed by atoms with Gasteiger partial charge in [-0.15, -0.1) is 27.0 Å². The second-order valence-corrected chi connectivity index (χ2v) is 5.52.